The van der Waals surface area contributed by atoms with Crippen LogP contribution in [0.5, 0.6) is 11.5 Å². The van der Waals surface area contributed by atoms with Crippen LogP contribution in [0.1, 0.15) is 10.4 Å². The molecule has 0 saturated carbocycles. The van der Waals surface area contributed by atoms with Gasteiger partial charge in [-0.1, -0.05) is 17.7 Å². The van der Waals surface area contributed by atoms with Crippen LogP contribution in [0.15, 0.2) is 36.4 Å². The van der Waals surface area contributed by atoms with Gasteiger partial charge in [-0.05, 0) is 30.3 Å². The van der Waals surface area contributed by atoms with Crippen LogP contribution in [0.2, 0.25) is 5.02 Å². The second kappa shape index (κ2) is 5.24. The Morgan fingerprint density at radius 3 is 2.53 bits per heavy atom. The third-order valence-electron chi connectivity index (χ3n) is 2.30. The third kappa shape index (κ3) is 2.82. The second-order valence-electron chi connectivity index (χ2n) is 3.59. The van der Waals surface area contributed by atoms with Gasteiger partial charge in [0.25, 0.3) is 0 Å². The Hall–Kier alpha value is -2.14. The van der Waals surface area contributed by atoms with Crippen molar-refractivity contribution in [2.75, 3.05) is 0 Å². The molecule has 0 bridgehead atoms. The number of hydrogen-bond acceptors (Lipinski definition) is 2. The van der Waals surface area contributed by atoms with E-state index < -0.39 is 23.2 Å². The highest BCUT2D eigenvalue weighted by Crippen LogP contribution is 2.32. The molecule has 0 fully saturated rings. The van der Waals surface area contributed by atoms with Gasteiger partial charge in [0, 0.05) is 0 Å². The predicted octanol–water partition coefficient (Wildman–Crippen LogP) is 4.11. The lowest BCUT2D eigenvalue weighted by molar-refractivity contribution is 0.0689. The van der Waals surface area contributed by atoms with Gasteiger partial charge in [0.2, 0.25) is 0 Å². The van der Waals surface area contributed by atoms with Gasteiger partial charge in [-0.3, -0.25) is 0 Å². The average Bonchev–Trinajstić information content (AvgIpc) is 2.32. The average molecular weight is 285 g/mol. The molecule has 3 nitrogen and oxygen atoms in total. The van der Waals surface area contributed by atoms with Gasteiger partial charge in [-0.15, -0.1) is 0 Å². The Morgan fingerprint density at radius 2 is 1.89 bits per heavy atom. The van der Waals surface area contributed by atoms with Gasteiger partial charge in [0.15, 0.2) is 0 Å². The topological polar surface area (TPSA) is 46.5 Å². The fourth-order valence-corrected chi connectivity index (χ4v) is 1.68. The SMILES string of the molecule is O=C(O)c1c(F)cccc1Oc1ccc(F)cc1Cl. The number of aromatic carboxylic acids is 1. The Labute approximate surface area is 112 Å². The van der Waals surface area contributed by atoms with Crippen molar-refractivity contribution in [1.29, 1.82) is 0 Å². The number of benzene rings is 2. The van der Waals surface area contributed by atoms with Crippen molar-refractivity contribution < 1.29 is 23.4 Å². The number of rotatable bonds is 3. The number of halogens is 3. The first kappa shape index (κ1) is 13.3. The first-order chi connectivity index (χ1) is 8.99. The minimum atomic E-state index is -1.47. The van der Waals surface area contributed by atoms with Crippen LogP contribution in [-0.4, -0.2) is 11.1 Å². The molecule has 0 atom stereocenters. The van der Waals surface area contributed by atoms with Crippen LogP contribution in [-0.2, 0) is 0 Å². The molecule has 0 amide bonds. The maximum Gasteiger partial charge on any atom is 0.342 e. The zero-order valence-corrected chi connectivity index (χ0v) is 10.1. The van der Waals surface area contributed by atoms with Crippen LogP contribution in [0.3, 0.4) is 0 Å². The Morgan fingerprint density at radius 1 is 1.16 bits per heavy atom. The zero-order valence-electron chi connectivity index (χ0n) is 9.36. The molecule has 0 heterocycles. The quantitative estimate of drug-likeness (QED) is 0.922. The van der Waals surface area contributed by atoms with Crippen LogP contribution in [0.25, 0.3) is 0 Å². The van der Waals surface area contributed by atoms with Crippen molar-refractivity contribution in [3.8, 4) is 11.5 Å². The minimum Gasteiger partial charge on any atom is -0.477 e. The smallest absolute Gasteiger partial charge is 0.342 e. The summed E-state index contributed by atoms with van der Waals surface area (Å²) < 4.78 is 31.5. The van der Waals surface area contributed by atoms with E-state index in [-0.39, 0.29) is 16.5 Å². The van der Waals surface area contributed by atoms with Crippen molar-refractivity contribution >= 4 is 17.6 Å². The van der Waals surface area contributed by atoms with Crippen LogP contribution in [0, 0.1) is 11.6 Å². The summed E-state index contributed by atoms with van der Waals surface area (Å²) in [6.45, 7) is 0. The minimum absolute atomic E-state index is 0.0381. The lowest BCUT2D eigenvalue weighted by atomic mass is 10.2. The largest absolute Gasteiger partial charge is 0.477 e. The van der Waals surface area contributed by atoms with Gasteiger partial charge < -0.3 is 9.84 Å². The molecule has 19 heavy (non-hydrogen) atoms. The van der Waals surface area contributed by atoms with E-state index in [0.29, 0.717) is 0 Å². The molecule has 0 aliphatic rings. The van der Waals surface area contributed by atoms with Crippen molar-refractivity contribution in [2.45, 2.75) is 0 Å². The number of carbonyl (C=O) groups is 1. The van der Waals surface area contributed by atoms with Gasteiger partial charge in [-0.2, -0.15) is 0 Å². The van der Waals surface area contributed by atoms with Crippen molar-refractivity contribution in [3.05, 3.63) is 58.6 Å². The zero-order chi connectivity index (χ0) is 14.0. The molecular weight excluding hydrogens is 278 g/mol. The molecule has 2 aromatic rings. The normalized spacial score (nSPS) is 10.3. The summed E-state index contributed by atoms with van der Waals surface area (Å²) in [4.78, 5) is 11.0. The summed E-state index contributed by atoms with van der Waals surface area (Å²) >= 11 is 5.74. The van der Waals surface area contributed by atoms with Crippen LogP contribution in [0.4, 0.5) is 8.78 Å². The van der Waals surface area contributed by atoms with E-state index in [2.05, 4.69) is 0 Å². The third-order valence-corrected chi connectivity index (χ3v) is 2.60. The summed E-state index contributed by atoms with van der Waals surface area (Å²) in [6, 6.07) is 6.93. The first-order valence-electron chi connectivity index (χ1n) is 5.13. The highest BCUT2D eigenvalue weighted by Gasteiger charge is 2.18. The Balaban J connectivity index is 2.44. The molecule has 2 aromatic carbocycles. The second-order valence-corrected chi connectivity index (χ2v) is 4.00. The van der Waals surface area contributed by atoms with E-state index in [1.807, 2.05) is 0 Å². The lowest BCUT2D eigenvalue weighted by Gasteiger charge is -2.10. The Bertz CT molecular complexity index is 644. The van der Waals surface area contributed by atoms with Gasteiger partial charge in [0.05, 0.1) is 5.02 Å². The molecule has 0 aliphatic heterocycles. The molecule has 0 aromatic heterocycles. The number of ether oxygens (including phenoxy) is 1. The molecule has 2 rings (SSSR count). The molecule has 6 heteroatoms. The summed E-state index contributed by atoms with van der Waals surface area (Å²) in [5, 5.41) is 8.88. The van der Waals surface area contributed by atoms with E-state index in [1.165, 1.54) is 18.2 Å². The van der Waals surface area contributed by atoms with Crippen molar-refractivity contribution in [2.24, 2.45) is 0 Å². The highest BCUT2D eigenvalue weighted by atomic mass is 35.5. The van der Waals surface area contributed by atoms with E-state index in [0.717, 1.165) is 18.2 Å². The standard InChI is InChI=1S/C13H7ClF2O3/c14-8-6-7(15)4-5-10(8)19-11-3-1-2-9(16)12(11)13(17)18/h1-6H,(H,17,18). The molecule has 0 aliphatic carbocycles. The molecular formula is C13H7ClF2O3. The van der Waals surface area contributed by atoms with Crippen LogP contribution >= 0.6 is 11.6 Å². The summed E-state index contributed by atoms with van der Waals surface area (Å²) in [5.41, 5.74) is -0.608. The van der Waals surface area contributed by atoms with E-state index in [9.17, 15) is 13.6 Å². The fraction of sp³-hybridized carbons (Fsp3) is 0. The van der Waals surface area contributed by atoms with Crippen LogP contribution < -0.4 is 4.74 Å². The summed E-state index contributed by atoms with van der Waals surface area (Å²) in [6.07, 6.45) is 0. The number of carboxylic acid groups (broad SMARTS) is 1. The maximum absolute atomic E-state index is 13.4. The number of hydrogen-bond donors (Lipinski definition) is 1. The predicted molar refractivity (Wildman–Crippen MR) is 64.8 cm³/mol. The molecule has 1 N–H and O–H groups in total. The highest BCUT2D eigenvalue weighted by molar-refractivity contribution is 6.32. The molecule has 98 valence electrons. The number of carboxylic acids is 1. The van der Waals surface area contributed by atoms with E-state index in [1.54, 1.807) is 0 Å². The molecule has 0 radical (unpaired) electrons. The summed E-state index contributed by atoms with van der Waals surface area (Å²) in [5.74, 6) is -3.12. The van der Waals surface area contributed by atoms with E-state index in [4.69, 9.17) is 21.4 Å². The maximum atomic E-state index is 13.4. The molecule has 0 unspecified atom stereocenters. The molecule has 0 saturated heterocycles. The van der Waals surface area contributed by atoms with Gasteiger partial charge in [0.1, 0.15) is 28.7 Å². The molecule has 0 spiro atoms. The van der Waals surface area contributed by atoms with Crippen molar-refractivity contribution in [3.63, 3.8) is 0 Å². The lowest BCUT2D eigenvalue weighted by Crippen LogP contribution is -2.03. The Kier molecular flexibility index (Phi) is 3.66. The van der Waals surface area contributed by atoms with Gasteiger partial charge >= 0.3 is 5.97 Å². The van der Waals surface area contributed by atoms with Crippen molar-refractivity contribution in [1.82, 2.24) is 0 Å². The van der Waals surface area contributed by atoms with E-state index >= 15 is 0 Å². The fourth-order valence-electron chi connectivity index (χ4n) is 1.47. The first-order valence-corrected chi connectivity index (χ1v) is 5.51. The summed E-state index contributed by atoms with van der Waals surface area (Å²) in [7, 11) is 0. The van der Waals surface area contributed by atoms with Gasteiger partial charge in [-0.25, -0.2) is 13.6 Å². The monoisotopic (exact) mass is 284 g/mol.